The van der Waals surface area contributed by atoms with E-state index in [1.807, 2.05) is 19.1 Å². The lowest BCUT2D eigenvalue weighted by Gasteiger charge is -2.24. The molecule has 130 valence electrons. The Morgan fingerprint density at radius 1 is 1.24 bits per heavy atom. The minimum Gasteiger partial charge on any atom is -0.268 e. The largest absolute Gasteiger partial charge is 0.268 e. The Kier molecular flexibility index (Phi) is 5.50. The number of anilines is 1. The molecule has 0 bridgehead atoms. The molecule has 2 aromatic carbocycles. The lowest BCUT2D eigenvalue weighted by Crippen LogP contribution is -2.35. The number of carbonyl (C=O) groups is 1. The van der Waals surface area contributed by atoms with Gasteiger partial charge in [0, 0.05) is 15.8 Å². The average molecular weight is 373 g/mol. The predicted octanol–water partition coefficient (Wildman–Crippen LogP) is 5.49. The third-order valence-electron chi connectivity index (χ3n) is 4.24. The van der Waals surface area contributed by atoms with Crippen LogP contribution in [0.3, 0.4) is 0 Å². The van der Waals surface area contributed by atoms with E-state index in [0.717, 1.165) is 29.4 Å². The van der Waals surface area contributed by atoms with Crippen LogP contribution in [0.5, 0.6) is 0 Å². The van der Waals surface area contributed by atoms with E-state index in [1.54, 1.807) is 40.9 Å². The number of benzene rings is 2. The molecular weight excluding hydrogens is 352 g/mol. The topological polar surface area (TPSA) is 32.7 Å². The van der Waals surface area contributed by atoms with E-state index in [-0.39, 0.29) is 5.91 Å². The summed E-state index contributed by atoms with van der Waals surface area (Å²) in [6, 6.07) is 13.1. The maximum Gasteiger partial charge on any atom is 0.264 e. The van der Waals surface area contributed by atoms with Gasteiger partial charge in [0.2, 0.25) is 0 Å². The van der Waals surface area contributed by atoms with Gasteiger partial charge in [-0.05, 0) is 56.2 Å². The Balaban J connectivity index is 2.03. The molecule has 1 aliphatic heterocycles. The maximum atomic E-state index is 13.3. The fraction of sp³-hybridized carbons (Fsp3) is 0.300. The van der Waals surface area contributed by atoms with Gasteiger partial charge in [0.15, 0.2) is 5.17 Å². The van der Waals surface area contributed by atoms with Crippen molar-refractivity contribution in [1.29, 1.82) is 0 Å². The fourth-order valence-corrected chi connectivity index (χ4v) is 3.99. The number of amidine groups is 1. The number of halogens is 1. The summed E-state index contributed by atoms with van der Waals surface area (Å²) < 4.78 is 0. The number of aliphatic imine (C=N–C) groups is 1. The zero-order valence-electron chi connectivity index (χ0n) is 14.6. The molecule has 0 radical (unpaired) electrons. The molecule has 1 aliphatic rings. The minimum absolute atomic E-state index is 0.0772. The van der Waals surface area contributed by atoms with Crippen molar-refractivity contribution in [3.63, 3.8) is 0 Å². The first-order valence-corrected chi connectivity index (χ1v) is 9.63. The molecule has 0 spiro atoms. The van der Waals surface area contributed by atoms with Crippen molar-refractivity contribution in [3.8, 4) is 0 Å². The van der Waals surface area contributed by atoms with Crippen molar-refractivity contribution >= 4 is 40.1 Å². The third-order valence-corrected chi connectivity index (χ3v) is 5.83. The van der Waals surface area contributed by atoms with Crippen molar-refractivity contribution in [2.45, 2.75) is 32.4 Å². The van der Waals surface area contributed by atoms with E-state index >= 15 is 0 Å². The van der Waals surface area contributed by atoms with Crippen LogP contribution in [0.2, 0.25) is 5.02 Å². The smallest absolute Gasteiger partial charge is 0.264 e. The Morgan fingerprint density at radius 2 is 1.96 bits per heavy atom. The molecule has 1 atom stereocenters. The van der Waals surface area contributed by atoms with Gasteiger partial charge in [-0.1, -0.05) is 48.0 Å². The van der Waals surface area contributed by atoms with E-state index < -0.39 is 0 Å². The van der Waals surface area contributed by atoms with Crippen LogP contribution in [-0.2, 0) is 0 Å². The third kappa shape index (κ3) is 3.91. The van der Waals surface area contributed by atoms with Crippen LogP contribution in [0.15, 0.2) is 47.5 Å². The summed E-state index contributed by atoms with van der Waals surface area (Å²) in [7, 11) is 0. The average Bonchev–Trinajstić information content (AvgIpc) is 3.06. The number of carbonyl (C=O) groups excluding carboxylic acids is 1. The first-order valence-electron chi connectivity index (χ1n) is 8.38. The number of hydrogen-bond acceptors (Lipinski definition) is 3. The summed E-state index contributed by atoms with van der Waals surface area (Å²) in [6.45, 7) is 6.99. The highest BCUT2D eigenvalue weighted by Crippen LogP contribution is 2.32. The van der Waals surface area contributed by atoms with Crippen LogP contribution in [0, 0.1) is 13.8 Å². The van der Waals surface area contributed by atoms with E-state index in [2.05, 4.69) is 24.9 Å². The first kappa shape index (κ1) is 18.0. The van der Waals surface area contributed by atoms with Gasteiger partial charge in [0.1, 0.15) is 0 Å². The van der Waals surface area contributed by atoms with E-state index in [0.29, 0.717) is 15.8 Å². The summed E-state index contributed by atoms with van der Waals surface area (Å²) in [5, 5.41) is 1.83. The summed E-state index contributed by atoms with van der Waals surface area (Å²) in [4.78, 5) is 19.7. The Hall–Kier alpha value is -1.78. The second-order valence-electron chi connectivity index (χ2n) is 6.21. The molecule has 3 nitrogen and oxygen atoms in total. The number of nitrogens with zero attached hydrogens (tertiary/aromatic N) is 2. The first-order chi connectivity index (χ1) is 12.0. The summed E-state index contributed by atoms with van der Waals surface area (Å²) in [5.41, 5.74) is 3.72. The molecule has 0 fully saturated rings. The Bertz CT molecular complexity index is 817. The maximum absolute atomic E-state index is 13.3. The number of rotatable bonds is 3. The normalized spacial score (nSPS) is 16.6. The van der Waals surface area contributed by atoms with Gasteiger partial charge in [0.25, 0.3) is 5.91 Å². The SMILES string of the molecule is CCC1CN=C(N(C(=O)c2ccc(Cl)cc2)c2ccc(C)cc2C)S1. The van der Waals surface area contributed by atoms with Crippen molar-refractivity contribution in [2.24, 2.45) is 4.99 Å². The van der Waals surface area contributed by atoms with Crippen LogP contribution in [0.25, 0.3) is 0 Å². The highest BCUT2D eigenvalue weighted by atomic mass is 35.5. The van der Waals surface area contributed by atoms with Crippen LogP contribution >= 0.6 is 23.4 Å². The van der Waals surface area contributed by atoms with Crippen LogP contribution in [0.1, 0.15) is 34.8 Å². The molecule has 0 aliphatic carbocycles. The summed E-state index contributed by atoms with van der Waals surface area (Å²) in [6.07, 6.45) is 1.04. The highest BCUT2D eigenvalue weighted by molar-refractivity contribution is 8.15. The number of amides is 1. The molecule has 2 aromatic rings. The second kappa shape index (κ2) is 7.63. The van der Waals surface area contributed by atoms with E-state index in [1.165, 1.54) is 5.56 Å². The van der Waals surface area contributed by atoms with Crippen molar-refractivity contribution in [2.75, 3.05) is 11.4 Å². The number of aryl methyl sites for hydroxylation is 2. The molecule has 1 amide bonds. The van der Waals surface area contributed by atoms with Gasteiger partial charge in [-0.25, -0.2) is 0 Å². The zero-order valence-corrected chi connectivity index (χ0v) is 16.2. The molecule has 1 unspecified atom stereocenters. The Labute approximate surface area is 158 Å². The van der Waals surface area contributed by atoms with Gasteiger partial charge in [-0.2, -0.15) is 0 Å². The molecule has 0 N–H and O–H groups in total. The molecular formula is C20H21ClN2OS. The Morgan fingerprint density at radius 3 is 2.56 bits per heavy atom. The molecule has 3 rings (SSSR count). The predicted molar refractivity (Wildman–Crippen MR) is 108 cm³/mol. The van der Waals surface area contributed by atoms with Crippen LogP contribution < -0.4 is 4.90 Å². The number of thioether (sulfide) groups is 1. The molecule has 0 saturated carbocycles. The monoisotopic (exact) mass is 372 g/mol. The van der Waals surface area contributed by atoms with Crippen molar-refractivity contribution < 1.29 is 4.79 Å². The van der Waals surface area contributed by atoms with Crippen LogP contribution in [-0.4, -0.2) is 22.9 Å². The molecule has 0 aromatic heterocycles. The van der Waals surface area contributed by atoms with Gasteiger partial charge >= 0.3 is 0 Å². The molecule has 25 heavy (non-hydrogen) atoms. The minimum atomic E-state index is -0.0772. The fourth-order valence-electron chi connectivity index (χ4n) is 2.82. The number of hydrogen-bond donors (Lipinski definition) is 0. The van der Waals surface area contributed by atoms with Gasteiger partial charge < -0.3 is 0 Å². The lowest BCUT2D eigenvalue weighted by atomic mass is 10.1. The van der Waals surface area contributed by atoms with Crippen LogP contribution in [0.4, 0.5) is 5.69 Å². The molecule has 0 saturated heterocycles. The lowest BCUT2D eigenvalue weighted by molar-refractivity contribution is 0.100. The quantitative estimate of drug-likeness (QED) is 0.714. The molecule has 1 heterocycles. The molecule has 5 heteroatoms. The zero-order chi connectivity index (χ0) is 18.0. The van der Waals surface area contributed by atoms with Gasteiger partial charge in [0.05, 0.1) is 12.2 Å². The second-order valence-corrected chi connectivity index (χ2v) is 7.91. The van der Waals surface area contributed by atoms with Gasteiger partial charge in [-0.3, -0.25) is 14.7 Å². The van der Waals surface area contributed by atoms with E-state index in [4.69, 9.17) is 11.6 Å². The van der Waals surface area contributed by atoms with Crippen molar-refractivity contribution in [3.05, 3.63) is 64.2 Å². The highest BCUT2D eigenvalue weighted by Gasteiger charge is 2.30. The van der Waals surface area contributed by atoms with Crippen molar-refractivity contribution in [1.82, 2.24) is 0 Å². The summed E-state index contributed by atoms with van der Waals surface area (Å²) >= 11 is 7.65. The van der Waals surface area contributed by atoms with E-state index in [9.17, 15) is 4.79 Å². The van der Waals surface area contributed by atoms with Gasteiger partial charge in [-0.15, -0.1) is 0 Å². The summed E-state index contributed by atoms with van der Waals surface area (Å²) in [5.74, 6) is -0.0772. The standard InChI is InChI=1S/C20H21ClN2OS/c1-4-17-12-22-20(25-17)23(18-10-5-13(2)11-14(18)3)19(24)15-6-8-16(21)9-7-15/h5-11,17H,4,12H2,1-3H3.